The average molecular weight is 451 g/mol. The first kappa shape index (κ1) is 21.8. The van der Waals surface area contributed by atoms with E-state index in [1.807, 2.05) is 0 Å². The lowest BCUT2D eigenvalue weighted by molar-refractivity contribution is -0.121. The van der Waals surface area contributed by atoms with Crippen LogP contribution in [0.25, 0.3) is 5.69 Å². The van der Waals surface area contributed by atoms with Crippen LogP contribution in [0.4, 0.5) is 5.82 Å². The van der Waals surface area contributed by atoms with Gasteiger partial charge in [-0.15, -0.1) is 0 Å². The van der Waals surface area contributed by atoms with E-state index in [0.717, 1.165) is 19.3 Å². The molecule has 0 bridgehead atoms. The number of carbonyl (C=O) groups excluding carboxylic acids is 2. The van der Waals surface area contributed by atoms with Crippen molar-refractivity contribution in [2.45, 2.75) is 31.7 Å². The zero-order valence-corrected chi connectivity index (χ0v) is 18.1. The normalized spacial score (nSPS) is 18.0. The lowest BCUT2D eigenvalue weighted by atomic mass is 9.83. The number of carbonyl (C=O) groups is 2. The van der Waals surface area contributed by atoms with E-state index in [1.54, 1.807) is 54.7 Å². The molecule has 3 aromatic rings. The molecule has 0 unspecified atom stereocenters. The van der Waals surface area contributed by atoms with Crippen molar-refractivity contribution in [1.82, 2.24) is 14.9 Å². The number of benzene rings is 1. The van der Waals surface area contributed by atoms with Gasteiger partial charge in [-0.05, 0) is 55.3 Å². The van der Waals surface area contributed by atoms with Crippen LogP contribution in [0.5, 0.6) is 0 Å². The molecule has 4 rings (SSSR count). The molecule has 2 atom stereocenters. The summed E-state index contributed by atoms with van der Waals surface area (Å²) in [4.78, 5) is 41.8. The van der Waals surface area contributed by atoms with E-state index in [9.17, 15) is 14.4 Å². The zero-order valence-electron chi connectivity index (χ0n) is 17.3. The highest BCUT2D eigenvalue weighted by atomic mass is 35.5. The summed E-state index contributed by atoms with van der Waals surface area (Å²) >= 11 is 5.85. The summed E-state index contributed by atoms with van der Waals surface area (Å²) in [7, 11) is 0. The zero-order chi connectivity index (χ0) is 22.5. The quantitative estimate of drug-likeness (QED) is 0.618. The maximum Gasteiger partial charge on any atom is 0.255 e. The Balaban J connectivity index is 1.43. The Hall–Kier alpha value is -3.45. The first-order chi connectivity index (χ1) is 15.5. The van der Waals surface area contributed by atoms with Gasteiger partial charge in [0.15, 0.2) is 0 Å². The van der Waals surface area contributed by atoms with Crippen LogP contribution in [0.15, 0.2) is 71.8 Å². The van der Waals surface area contributed by atoms with Crippen molar-refractivity contribution in [3.63, 3.8) is 0 Å². The van der Waals surface area contributed by atoms with Gasteiger partial charge in [0.05, 0.1) is 10.9 Å². The largest absolute Gasteiger partial charge is 0.349 e. The summed E-state index contributed by atoms with van der Waals surface area (Å²) in [5.74, 6) is -0.316. The molecule has 2 N–H and O–H groups in total. The molecule has 8 heteroatoms. The van der Waals surface area contributed by atoms with E-state index in [1.165, 1.54) is 16.8 Å². The first-order valence-corrected chi connectivity index (χ1v) is 10.9. The van der Waals surface area contributed by atoms with Crippen LogP contribution in [-0.2, 0) is 4.79 Å². The van der Waals surface area contributed by atoms with Gasteiger partial charge in [0.25, 0.3) is 11.5 Å². The summed E-state index contributed by atoms with van der Waals surface area (Å²) in [5.41, 5.74) is 1.01. The van der Waals surface area contributed by atoms with Crippen molar-refractivity contribution in [2.24, 2.45) is 5.92 Å². The molecular formula is C24H23ClN4O3. The maximum absolute atomic E-state index is 12.9. The third-order valence-electron chi connectivity index (χ3n) is 5.63. The van der Waals surface area contributed by atoms with Gasteiger partial charge in [0, 0.05) is 35.8 Å². The van der Waals surface area contributed by atoms with Crippen LogP contribution < -0.4 is 16.2 Å². The van der Waals surface area contributed by atoms with Crippen LogP contribution in [0, 0.1) is 5.92 Å². The van der Waals surface area contributed by atoms with Gasteiger partial charge >= 0.3 is 0 Å². The molecule has 32 heavy (non-hydrogen) atoms. The monoisotopic (exact) mass is 450 g/mol. The first-order valence-electron chi connectivity index (χ1n) is 10.5. The van der Waals surface area contributed by atoms with Crippen molar-refractivity contribution in [1.29, 1.82) is 0 Å². The predicted molar refractivity (Wildman–Crippen MR) is 123 cm³/mol. The van der Waals surface area contributed by atoms with Crippen molar-refractivity contribution < 1.29 is 9.59 Å². The Morgan fingerprint density at radius 2 is 1.78 bits per heavy atom. The summed E-state index contributed by atoms with van der Waals surface area (Å²) < 4.78 is 1.51. The number of pyridine rings is 2. The minimum atomic E-state index is -0.340. The molecular weight excluding hydrogens is 428 g/mol. The van der Waals surface area contributed by atoms with Crippen LogP contribution in [0.3, 0.4) is 0 Å². The van der Waals surface area contributed by atoms with Gasteiger partial charge in [-0.3, -0.25) is 19.0 Å². The van der Waals surface area contributed by atoms with E-state index in [0.29, 0.717) is 28.5 Å². The van der Waals surface area contributed by atoms with E-state index in [-0.39, 0.29) is 29.3 Å². The van der Waals surface area contributed by atoms with E-state index < -0.39 is 0 Å². The van der Waals surface area contributed by atoms with Crippen LogP contribution >= 0.6 is 11.6 Å². The Morgan fingerprint density at radius 1 is 1.00 bits per heavy atom. The van der Waals surface area contributed by atoms with Crippen LogP contribution in [0.2, 0.25) is 5.02 Å². The molecule has 1 aliphatic rings. The molecule has 2 aromatic heterocycles. The topological polar surface area (TPSA) is 93.1 Å². The third kappa shape index (κ3) is 5.06. The highest BCUT2D eigenvalue weighted by Gasteiger charge is 2.32. The van der Waals surface area contributed by atoms with Gasteiger partial charge in [-0.2, -0.15) is 0 Å². The minimum Gasteiger partial charge on any atom is -0.349 e. The Bertz CT molecular complexity index is 1160. The molecule has 0 saturated heterocycles. The smallest absolute Gasteiger partial charge is 0.255 e. The second-order valence-electron chi connectivity index (χ2n) is 7.78. The van der Waals surface area contributed by atoms with E-state index >= 15 is 0 Å². The Labute approximate surface area is 190 Å². The number of hydrogen-bond acceptors (Lipinski definition) is 4. The predicted octanol–water partition coefficient (Wildman–Crippen LogP) is 3.81. The number of amides is 2. The summed E-state index contributed by atoms with van der Waals surface area (Å²) in [6, 6.07) is 14.8. The molecule has 1 aromatic carbocycles. The molecule has 1 aliphatic carbocycles. The molecule has 1 saturated carbocycles. The minimum absolute atomic E-state index is 0.143. The molecule has 2 amide bonds. The maximum atomic E-state index is 12.9. The highest BCUT2D eigenvalue weighted by Crippen LogP contribution is 2.26. The Kier molecular flexibility index (Phi) is 6.66. The second kappa shape index (κ2) is 9.78. The van der Waals surface area contributed by atoms with E-state index in [4.69, 9.17) is 11.6 Å². The fourth-order valence-corrected chi connectivity index (χ4v) is 4.06. The summed E-state index contributed by atoms with van der Waals surface area (Å²) in [5, 5.41) is 6.34. The van der Waals surface area contributed by atoms with Crippen molar-refractivity contribution in [3.05, 3.63) is 87.9 Å². The van der Waals surface area contributed by atoms with Crippen molar-refractivity contribution in [2.75, 3.05) is 5.32 Å². The van der Waals surface area contributed by atoms with Crippen molar-refractivity contribution in [3.8, 4) is 5.69 Å². The van der Waals surface area contributed by atoms with Crippen molar-refractivity contribution >= 4 is 29.2 Å². The van der Waals surface area contributed by atoms with Gasteiger partial charge in [-0.1, -0.05) is 30.5 Å². The van der Waals surface area contributed by atoms with Gasteiger partial charge in [-0.25, -0.2) is 4.98 Å². The standard InChI is InChI=1S/C24H23ClN4O3/c25-17-10-13-21(26-15-17)28-24(32)19-5-1-2-6-20(19)27-23(31)16-8-11-18(12-9-16)29-14-4-3-7-22(29)30/h3-4,7-15,19-20H,1-2,5-6H2,(H,27,31)(H,26,28,32)/t19-,20-/m1/s1. The number of rotatable bonds is 5. The fraction of sp³-hybridized carbons (Fsp3) is 0.250. The van der Waals surface area contributed by atoms with Gasteiger partial charge in [0.1, 0.15) is 5.82 Å². The second-order valence-corrected chi connectivity index (χ2v) is 8.21. The Morgan fingerprint density at radius 3 is 2.50 bits per heavy atom. The van der Waals surface area contributed by atoms with Crippen LogP contribution in [0.1, 0.15) is 36.0 Å². The number of nitrogens with zero attached hydrogens (tertiary/aromatic N) is 2. The number of nitrogens with one attached hydrogen (secondary N) is 2. The molecule has 2 heterocycles. The van der Waals surface area contributed by atoms with Crippen LogP contribution in [-0.4, -0.2) is 27.4 Å². The van der Waals surface area contributed by atoms with E-state index in [2.05, 4.69) is 15.6 Å². The summed E-state index contributed by atoms with van der Waals surface area (Å²) in [6.07, 6.45) is 6.46. The molecule has 0 spiro atoms. The molecule has 164 valence electrons. The molecule has 7 nitrogen and oxygen atoms in total. The third-order valence-corrected chi connectivity index (χ3v) is 5.85. The van der Waals surface area contributed by atoms with Gasteiger partial charge < -0.3 is 10.6 Å². The SMILES string of the molecule is O=C(N[C@@H]1CCCC[C@H]1C(=O)Nc1ccc(Cl)cn1)c1ccc(-n2ccccc2=O)cc1. The average Bonchev–Trinajstić information content (AvgIpc) is 2.81. The van der Waals surface area contributed by atoms with Gasteiger partial charge in [0.2, 0.25) is 5.91 Å². The fourth-order valence-electron chi connectivity index (χ4n) is 3.95. The lowest BCUT2D eigenvalue weighted by Gasteiger charge is -2.31. The highest BCUT2D eigenvalue weighted by molar-refractivity contribution is 6.30. The lowest BCUT2D eigenvalue weighted by Crippen LogP contribution is -2.46. The number of anilines is 1. The molecule has 1 fully saturated rings. The molecule has 0 radical (unpaired) electrons. The number of aromatic nitrogens is 2. The summed E-state index contributed by atoms with van der Waals surface area (Å²) in [6.45, 7) is 0. The number of halogens is 1. The number of hydrogen-bond donors (Lipinski definition) is 2. The molecule has 0 aliphatic heterocycles.